The summed E-state index contributed by atoms with van der Waals surface area (Å²) in [6.45, 7) is 0. The van der Waals surface area contributed by atoms with Crippen LogP contribution < -0.4 is 0 Å². The first-order chi connectivity index (χ1) is 6.27. The maximum atomic E-state index is 10.6. The van der Waals surface area contributed by atoms with E-state index in [2.05, 4.69) is 4.98 Å². The monoisotopic (exact) mass is 211 g/mol. The number of hydrogen-bond donors (Lipinski definition) is 1. The first kappa shape index (κ1) is 8.40. The molecule has 3 nitrogen and oxygen atoms in total. The van der Waals surface area contributed by atoms with Crippen LogP contribution in [0.4, 0.5) is 0 Å². The fraction of sp³-hybridized carbons (Fsp3) is 0. The van der Waals surface area contributed by atoms with Gasteiger partial charge in [0, 0.05) is 0 Å². The molecular weight excluding hydrogens is 206 g/mol. The number of aromatic nitrogens is 1. The van der Waals surface area contributed by atoms with Crippen LogP contribution in [0.5, 0.6) is 0 Å². The van der Waals surface area contributed by atoms with Gasteiger partial charge < -0.3 is 5.11 Å². The molecule has 0 radical (unpaired) electrons. The number of aromatic carboxylic acids is 1. The molecule has 2 heterocycles. The second-order valence-electron chi connectivity index (χ2n) is 2.31. The molecule has 0 fully saturated rings. The van der Waals surface area contributed by atoms with Gasteiger partial charge in [-0.15, -0.1) is 22.7 Å². The van der Waals surface area contributed by atoms with Crippen molar-refractivity contribution in [2.45, 2.75) is 0 Å². The second-order valence-corrected chi connectivity index (χ2v) is 4.29. The maximum Gasteiger partial charge on any atom is 0.347 e. The molecule has 0 aliphatic rings. The molecular formula is C8H5NO2S2. The van der Waals surface area contributed by atoms with Crippen molar-refractivity contribution in [3.8, 4) is 9.88 Å². The van der Waals surface area contributed by atoms with Crippen molar-refractivity contribution in [3.05, 3.63) is 28.6 Å². The van der Waals surface area contributed by atoms with Crippen LogP contribution in [0, 0.1) is 0 Å². The van der Waals surface area contributed by atoms with Crippen LogP contribution in [0.15, 0.2) is 23.7 Å². The summed E-state index contributed by atoms with van der Waals surface area (Å²) in [5.41, 5.74) is 0. The van der Waals surface area contributed by atoms with E-state index in [0.29, 0.717) is 0 Å². The van der Waals surface area contributed by atoms with E-state index >= 15 is 0 Å². The van der Waals surface area contributed by atoms with Gasteiger partial charge in [0.2, 0.25) is 0 Å². The van der Waals surface area contributed by atoms with Crippen LogP contribution in [0.25, 0.3) is 9.88 Å². The average molecular weight is 211 g/mol. The van der Waals surface area contributed by atoms with Crippen molar-refractivity contribution < 1.29 is 9.90 Å². The quantitative estimate of drug-likeness (QED) is 0.830. The zero-order valence-electron chi connectivity index (χ0n) is 6.43. The van der Waals surface area contributed by atoms with Gasteiger partial charge in [-0.25, -0.2) is 9.78 Å². The van der Waals surface area contributed by atoms with Crippen molar-refractivity contribution >= 4 is 28.6 Å². The van der Waals surface area contributed by atoms with E-state index < -0.39 is 5.97 Å². The van der Waals surface area contributed by atoms with E-state index in [1.54, 1.807) is 11.3 Å². The first-order valence-electron chi connectivity index (χ1n) is 3.50. The minimum absolute atomic E-state index is 0.281. The third kappa shape index (κ3) is 1.61. The maximum absolute atomic E-state index is 10.6. The fourth-order valence-electron chi connectivity index (χ4n) is 0.887. The Morgan fingerprint density at radius 2 is 2.38 bits per heavy atom. The summed E-state index contributed by atoms with van der Waals surface area (Å²) in [5, 5.41) is 11.4. The molecule has 0 saturated carbocycles. The Labute approximate surface area is 82.3 Å². The molecule has 13 heavy (non-hydrogen) atoms. The molecule has 2 aromatic heterocycles. The summed E-state index contributed by atoms with van der Waals surface area (Å²) >= 11 is 2.75. The summed E-state index contributed by atoms with van der Waals surface area (Å²) in [6, 6.07) is 3.84. The average Bonchev–Trinajstić information content (AvgIpc) is 2.75. The van der Waals surface area contributed by atoms with E-state index in [1.165, 1.54) is 17.5 Å². The Balaban J connectivity index is 2.39. The van der Waals surface area contributed by atoms with Crippen molar-refractivity contribution in [3.63, 3.8) is 0 Å². The first-order valence-corrected chi connectivity index (χ1v) is 5.20. The van der Waals surface area contributed by atoms with Gasteiger partial charge in [-0.2, -0.15) is 0 Å². The molecule has 0 aliphatic heterocycles. The molecule has 0 aromatic carbocycles. The van der Waals surface area contributed by atoms with Crippen LogP contribution in [0.2, 0.25) is 0 Å². The summed E-state index contributed by atoms with van der Waals surface area (Å²) in [7, 11) is 0. The largest absolute Gasteiger partial charge is 0.477 e. The highest BCUT2D eigenvalue weighted by Crippen LogP contribution is 2.28. The summed E-state index contributed by atoms with van der Waals surface area (Å²) in [5.74, 6) is -0.916. The Morgan fingerprint density at radius 1 is 1.54 bits per heavy atom. The highest BCUT2D eigenvalue weighted by Gasteiger charge is 2.09. The molecule has 0 unspecified atom stereocenters. The lowest BCUT2D eigenvalue weighted by Gasteiger charge is -1.85. The lowest BCUT2D eigenvalue weighted by atomic mass is 10.5. The van der Waals surface area contributed by atoms with Gasteiger partial charge in [-0.05, 0) is 11.4 Å². The van der Waals surface area contributed by atoms with E-state index in [9.17, 15) is 4.79 Å². The van der Waals surface area contributed by atoms with Gasteiger partial charge in [0.25, 0.3) is 0 Å². The summed E-state index contributed by atoms with van der Waals surface area (Å²) < 4.78 is 0. The molecule has 2 rings (SSSR count). The van der Waals surface area contributed by atoms with Gasteiger partial charge in [-0.3, -0.25) is 0 Å². The lowest BCUT2D eigenvalue weighted by molar-refractivity contribution is 0.0702. The number of nitrogens with zero attached hydrogens (tertiary/aromatic N) is 1. The number of carboxylic acids is 1. The highest BCUT2D eigenvalue weighted by atomic mass is 32.1. The van der Waals surface area contributed by atoms with Crippen molar-refractivity contribution in [2.24, 2.45) is 0 Å². The van der Waals surface area contributed by atoms with Crippen molar-refractivity contribution in [1.82, 2.24) is 4.98 Å². The van der Waals surface area contributed by atoms with E-state index in [1.807, 2.05) is 17.5 Å². The Morgan fingerprint density at radius 3 is 2.92 bits per heavy atom. The predicted molar refractivity (Wildman–Crippen MR) is 52.4 cm³/mol. The SMILES string of the molecule is O=C(O)c1cnc(-c2cccs2)s1. The van der Waals surface area contributed by atoms with E-state index in [0.717, 1.165) is 9.88 Å². The minimum atomic E-state index is -0.916. The molecule has 0 saturated heterocycles. The van der Waals surface area contributed by atoms with E-state index in [4.69, 9.17) is 5.11 Å². The Bertz CT molecular complexity index is 419. The smallest absolute Gasteiger partial charge is 0.347 e. The zero-order chi connectivity index (χ0) is 9.26. The molecule has 1 N–H and O–H groups in total. The normalized spacial score (nSPS) is 10.2. The number of thiophene rings is 1. The van der Waals surface area contributed by atoms with Gasteiger partial charge in [-0.1, -0.05) is 6.07 Å². The summed E-state index contributed by atoms with van der Waals surface area (Å²) in [6.07, 6.45) is 1.39. The van der Waals surface area contributed by atoms with Crippen molar-refractivity contribution in [2.75, 3.05) is 0 Å². The molecule has 0 atom stereocenters. The number of carbonyl (C=O) groups is 1. The lowest BCUT2D eigenvalue weighted by Crippen LogP contribution is -1.89. The van der Waals surface area contributed by atoms with Crippen LogP contribution in [-0.4, -0.2) is 16.1 Å². The number of thiazole rings is 1. The molecule has 0 amide bonds. The molecule has 2 aromatic rings. The standard InChI is InChI=1S/C8H5NO2S2/c10-8(11)6-4-9-7(13-6)5-2-1-3-12-5/h1-4H,(H,10,11). The molecule has 0 bridgehead atoms. The minimum Gasteiger partial charge on any atom is -0.477 e. The molecule has 5 heteroatoms. The Kier molecular flexibility index (Phi) is 2.12. The summed E-state index contributed by atoms with van der Waals surface area (Å²) in [4.78, 5) is 15.9. The molecule has 0 spiro atoms. The number of carboxylic acid groups (broad SMARTS) is 1. The van der Waals surface area contributed by atoms with E-state index in [-0.39, 0.29) is 4.88 Å². The van der Waals surface area contributed by atoms with Gasteiger partial charge in [0.05, 0.1) is 11.1 Å². The van der Waals surface area contributed by atoms with Crippen LogP contribution in [0.1, 0.15) is 9.67 Å². The number of rotatable bonds is 2. The third-order valence-corrected chi connectivity index (χ3v) is 3.47. The predicted octanol–water partition coefficient (Wildman–Crippen LogP) is 2.57. The van der Waals surface area contributed by atoms with Crippen LogP contribution >= 0.6 is 22.7 Å². The number of hydrogen-bond acceptors (Lipinski definition) is 4. The molecule has 0 aliphatic carbocycles. The fourth-order valence-corrected chi connectivity index (χ4v) is 2.45. The van der Waals surface area contributed by atoms with Crippen LogP contribution in [-0.2, 0) is 0 Å². The van der Waals surface area contributed by atoms with Gasteiger partial charge >= 0.3 is 5.97 Å². The van der Waals surface area contributed by atoms with Gasteiger partial charge in [0.1, 0.15) is 9.88 Å². The topological polar surface area (TPSA) is 50.2 Å². The highest BCUT2D eigenvalue weighted by molar-refractivity contribution is 7.21. The van der Waals surface area contributed by atoms with Gasteiger partial charge in [0.15, 0.2) is 0 Å². The van der Waals surface area contributed by atoms with Crippen molar-refractivity contribution in [1.29, 1.82) is 0 Å². The zero-order valence-corrected chi connectivity index (χ0v) is 8.06. The Hall–Kier alpha value is -1.20. The second kappa shape index (κ2) is 3.27. The molecule has 66 valence electrons. The van der Waals surface area contributed by atoms with Crippen LogP contribution in [0.3, 0.4) is 0 Å². The third-order valence-electron chi connectivity index (χ3n) is 1.45.